The summed E-state index contributed by atoms with van der Waals surface area (Å²) in [5.41, 5.74) is 0.411. The number of carboxylic acids is 1. The number of carboxylic acid groups (broad SMARTS) is 1. The van der Waals surface area contributed by atoms with Crippen LogP contribution in [0.1, 0.15) is 19.4 Å². The summed E-state index contributed by atoms with van der Waals surface area (Å²) in [6, 6.07) is 6.29. The van der Waals surface area contributed by atoms with E-state index >= 15 is 0 Å². The first-order valence-electron chi connectivity index (χ1n) is 5.18. The molecule has 0 fully saturated rings. The molecule has 16 heavy (non-hydrogen) atoms. The van der Waals surface area contributed by atoms with Gasteiger partial charge in [0.2, 0.25) is 0 Å². The van der Waals surface area contributed by atoms with Gasteiger partial charge < -0.3 is 5.11 Å². The fourth-order valence-corrected chi connectivity index (χ4v) is 1.41. The Bertz CT molecular complexity index is 397. The van der Waals surface area contributed by atoms with Gasteiger partial charge in [-0.3, -0.25) is 4.79 Å². The molecule has 86 valence electrons. The molecule has 1 aromatic carbocycles. The van der Waals surface area contributed by atoms with Gasteiger partial charge in [0.25, 0.3) is 0 Å². The minimum atomic E-state index is -0.886. The first-order chi connectivity index (χ1) is 7.52. The van der Waals surface area contributed by atoms with E-state index in [1.807, 2.05) is 13.8 Å². The highest BCUT2D eigenvalue weighted by molar-refractivity contribution is 5.74. The van der Waals surface area contributed by atoms with Crippen molar-refractivity contribution in [3.63, 3.8) is 0 Å². The number of aliphatic carboxylic acids is 1. The monoisotopic (exact) mass is 222 g/mol. The molecule has 1 atom stereocenters. The second-order valence-electron chi connectivity index (χ2n) is 3.99. The van der Waals surface area contributed by atoms with Crippen LogP contribution in [0.25, 0.3) is 6.08 Å². The first kappa shape index (κ1) is 12.4. The van der Waals surface area contributed by atoms with Crippen molar-refractivity contribution in [2.24, 2.45) is 11.8 Å². The van der Waals surface area contributed by atoms with E-state index in [0.717, 1.165) is 0 Å². The molecule has 0 radical (unpaired) electrons. The lowest BCUT2D eigenvalue weighted by Crippen LogP contribution is -2.16. The van der Waals surface area contributed by atoms with Crippen LogP contribution in [0.15, 0.2) is 30.3 Å². The van der Waals surface area contributed by atoms with E-state index in [-0.39, 0.29) is 11.7 Å². The molecule has 1 rings (SSSR count). The number of carbonyl (C=O) groups is 1. The maximum absolute atomic E-state index is 13.2. The van der Waals surface area contributed by atoms with Crippen LogP contribution >= 0.6 is 0 Å². The van der Waals surface area contributed by atoms with Crippen molar-refractivity contribution in [3.8, 4) is 0 Å². The zero-order chi connectivity index (χ0) is 12.1. The van der Waals surface area contributed by atoms with Crippen molar-refractivity contribution in [1.82, 2.24) is 0 Å². The van der Waals surface area contributed by atoms with Crippen molar-refractivity contribution in [1.29, 1.82) is 0 Å². The molecule has 1 aromatic rings. The minimum absolute atomic E-state index is 0.0134. The summed E-state index contributed by atoms with van der Waals surface area (Å²) >= 11 is 0. The third-order valence-corrected chi connectivity index (χ3v) is 2.39. The number of benzene rings is 1. The third-order valence-electron chi connectivity index (χ3n) is 2.39. The maximum Gasteiger partial charge on any atom is 0.310 e. The number of halogens is 1. The van der Waals surface area contributed by atoms with Crippen LogP contribution in [0.4, 0.5) is 4.39 Å². The molecule has 0 aromatic heterocycles. The number of hydrogen-bond acceptors (Lipinski definition) is 1. The molecule has 0 aliphatic rings. The van der Waals surface area contributed by atoms with E-state index in [1.54, 1.807) is 18.2 Å². The Morgan fingerprint density at radius 3 is 2.50 bits per heavy atom. The fourth-order valence-electron chi connectivity index (χ4n) is 1.41. The van der Waals surface area contributed by atoms with Gasteiger partial charge in [0, 0.05) is 5.56 Å². The van der Waals surface area contributed by atoms with Crippen LogP contribution in [-0.4, -0.2) is 11.1 Å². The normalized spacial score (nSPS) is 13.2. The van der Waals surface area contributed by atoms with Gasteiger partial charge in [-0.15, -0.1) is 0 Å². The van der Waals surface area contributed by atoms with Gasteiger partial charge in [-0.05, 0) is 12.0 Å². The van der Waals surface area contributed by atoms with Crippen LogP contribution in [-0.2, 0) is 4.79 Å². The average Bonchev–Trinajstić information content (AvgIpc) is 2.20. The molecule has 0 aliphatic heterocycles. The van der Waals surface area contributed by atoms with Crippen LogP contribution < -0.4 is 0 Å². The number of hydrogen-bond donors (Lipinski definition) is 1. The molecule has 0 aliphatic carbocycles. The molecule has 0 saturated heterocycles. The van der Waals surface area contributed by atoms with Crippen molar-refractivity contribution in [2.75, 3.05) is 0 Å². The van der Waals surface area contributed by atoms with Crippen molar-refractivity contribution in [2.45, 2.75) is 13.8 Å². The van der Waals surface area contributed by atoms with Gasteiger partial charge in [0.05, 0.1) is 5.92 Å². The van der Waals surface area contributed by atoms with Crippen molar-refractivity contribution < 1.29 is 14.3 Å². The summed E-state index contributed by atoms with van der Waals surface area (Å²) in [4.78, 5) is 10.9. The van der Waals surface area contributed by atoms with Gasteiger partial charge in [0.1, 0.15) is 5.82 Å². The molecule has 0 amide bonds. The zero-order valence-electron chi connectivity index (χ0n) is 9.35. The average molecular weight is 222 g/mol. The zero-order valence-corrected chi connectivity index (χ0v) is 9.35. The summed E-state index contributed by atoms with van der Waals surface area (Å²) in [6.07, 6.45) is 3.06. The molecule has 0 heterocycles. The standard InChI is InChI=1S/C13H15FO2/c1-9(2)11(13(15)16)8-7-10-5-3-4-6-12(10)14/h3-9,11H,1-2H3,(H,15,16). The molecular weight excluding hydrogens is 207 g/mol. The van der Waals surface area contributed by atoms with E-state index in [1.165, 1.54) is 18.2 Å². The van der Waals surface area contributed by atoms with Crippen LogP contribution in [0.2, 0.25) is 0 Å². The Hall–Kier alpha value is -1.64. The molecule has 0 spiro atoms. The Kier molecular flexibility index (Phi) is 4.23. The van der Waals surface area contributed by atoms with Crippen molar-refractivity contribution >= 4 is 12.0 Å². The number of rotatable bonds is 4. The predicted octanol–water partition coefficient (Wildman–Crippen LogP) is 3.20. The van der Waals surface area contributed by atoms with E-state index in [0.29, 0.717) is 5.56 Å². The maximum atomic E-state index is 13.2. The molecule has 1 unspecified atom stereocenters. The fraction of sp³-hybridized carbons (Fsp3) is 0.308. The van der Waals surface area contributed by atoms with Gasteiger partial charge in [-0.1, -0.05) is 44.2 Å². The summed E-state index contributed by atoms with van der Waals surface area (Å²) in [6.45, 7) is 3.65. The Morgan fingerprint density at radius 2 is 2.00 bits per heavy atom. The first-order valence-corrected chi connectivity index (χ1v) is 5.18. The van der Waals surface area contributed by atoms with E-state index in [9.17, 15) is 9.18 Å². The van der Waals surface area contributed by atoms with Crippen molar-refractivity contribution in [3.05, 3.63) is 41.7 Å². The Morgan fingerprint density at radius 1 is 1.38 bits per heavy atom. The van der Waals surface area contributed by atoms with E-state index < -0.39 is 11.9 Å². The second-order valence-corrected chi connectivity index (χ2v) is 3.99. The second kappa shape index (κ2) is 5.45. The molecule has 2 nitrogen and oxygen atoms in total. The van der Waals surface area contributed by atoms with E-state index in [2.05, 4.69) is 0 Å². The molecular formula is C13H15FO2. The van der Waals surface area contributed by atoms with Gasteiger partial charge in [-0.2, -0.15) is 0 Å². The predicted molar refractivity (Wildman–Crippen MR) is 61.4 cm³/mol. The molecule has 0 saturated carbocycles. The van der Waals surface area contributed by atoms with Gasteiger partial charge in [0.15, 0.2) is 0 Å². The van der Waals surface area contributed by atoms with E-state index in [4.69, 9.17) is 5.11 Å². The SMILES string of the molecule is CC(C)C(C=Cc1ccccc1F)C(=O)O. The Balaban J connectivity index is 2.87. The highest BCUT2D eigenvalue weighted by atomic mass is 19.1. The lowest BCUT2D eigenvalue weighted by molar-refractivity contribution is -0.141. The van der Waals surface area contributed by atoms with Gasteiger partial charge in [-0.25, -0.2) is 4.39 Å². The van der Waals surface area contributed by atoms with Crippen LogP contribution in [0, 0.1) is 17.7 Å². The highest BCUT2D eigenvalue weighted by Crippen LogP contribution is 2.16. The quantitative estimate of drug-likeness (QED) is 0.849. The molecule has 3 heteroatoms. The Labute approximate surface area is 94.4 Å². The third kappa shape index (κ3) is 3.19. The summed E-state index contributed by atoms with van der Waals surface area (Å²) in [5, 5.41) is 8.95. The lowest BCUT2D eigenvalue weighted by Gasteiger charge is -2.10. The van der Waals surface area contributed by atoms with Crippen LogP contribution in [0.3, 0.4) is 0 Å². The summed E-state index contributed by atoms with van der Waals surface area (Å²) in [7, 11) is 0. The minimum Gasteiger partial charge on any atom is -0.481 e. The lowest BCUT2D eigenvalue weighted by atomic mass is 9.95. The summed E-state index contributed by atoms with van der Waals surface area (Å²) < 4.78 is 13.2. The van der Waals surface area contributed by atoms with Gasteiger partial charge >= 0.3 is 5.97 Å². The molecule has 0 bridgehead atoms. The smallest absolute Gasteiger partial charge is 0.310 e. The topological polar surface area (TPSA) is 37.3 Å². The van der Waals surface area contributed by atoms with Crippen LogP contribution in [0.5, 0.6) is 0 Å². The molecule has 1 N–H and O–H groups in total. The highest BCUT2D eigenvalue weighted by Gasteiger charge is 2.17. The largest absolute Gasteiger partial charge is 0.481 e. The summed E-state index contributed by atoms with van der Waals surface area (Å²) in [5.74, 6) is -1.82.